The standard InChI is InChI=1S/C11H15NO4/c1-13-8-5-7(3-4-12)9-11(10(8)14-2)16-6-15-9/h5H,3-4,6,12H2,1-2H3. The van der Waals surface area contributed by atoms with Crippen LogP contribution in [0.1, 0.15) is 5.56 Å². The molecule has 1 heterocycles. The molecule has 16 heavy (non-hydrogen) atoms. The van der Waals surface area contributed by atoms with Crippen LogP contribution >= 0.6 is 0 Å². The van der Waals surface area contributed by atoms with Crippen LogP contribution in [0, 0.1) is 0 Å². The second-order valence-corrected chi connectivity index (χ2v) is 3.37. The molecule has 88 valence electrons. The summed E-state index contributed by atoms with van der Waals surface area (Å²) in [5.41, 5.74) is 6.53. The first-order valence-corrected chi connectivity index (χ1v) is 5.05. The molecule has 0 amide bonds. The van der Waals surface area contributed by atoms with Crippen LogP contribution < -0.4 is 24.7 Å². The summed E-state index contributed by atoms with van der Waals surface area (Å²) in [5.74, 6) is 2.51. The Hall–Kier alpha value is -1.62. The summed E-state index contributed by atoms with van der Waals surface area (Å²) >= 11 is 0. The summed E-state index contributed by atoms with van der Waals surface area (Å²) in [6.07, 6.45) is 0.714. The van der Waals surface area contributed by atoms with E-state index in [1.165, 1.54) is 0 Å². The number of methoxy groups -OCH3 is 2. The van der Waals surface area contributed by atoms with Gasteiger partial charge in [-0.25, -0.2) is 0 Å². The lowest BCUT2D eigenvalue weighted by molar-refractivity contribution is 0.170. The van der Waals surface area contributed by atoms with E-state index < -0.39 is 0 Å². The lowest BCUT2D eigenvalue weighted by Gasteiger charge is -2.12. The third-order valence-electron chi connectivity index (χ3n) is 2.48. The van der Waals surface area contributed by atoms with E-state index in [1.807, 2.05) is 6.07 Å². The fraction of sp³-hybridized carbons (Fsp3) is 0.455. The third kappa shape index (κ3) is 1.63. The van der Waals surface area contributed by atoms with Gasteiger partial charge in [-0.3, -0.25) is 0 Å². The number of fused-ring (bicyclic) bond motifs is 1. The van der Waals surface area contributed by atoms with Crippen LogP contribution in [0.5, 0.6) is 23.0 Å². The molecule has 0 spiro atoms. The van der Waals surface area contributed by atoms with Crippen LogP contribution in [-0.4, -0.2) is 27.6 Å². The van der Waals surface area contributed by atoms with Crippen molar-refractivity contribution in [2.45, 2.75) is 6.42 Å². The Morgan fingerprint density at radius 2 is 2.00 bits per heavy atom. The van der Waals surface area contributed by atoms with E-state index >= 15 is 0 Å². The first kappa shape index (κ1) is 10.9. The molecule has 2 N–H and O–H groups in total. The normalized spacial score (nSPS) is 12.7. The van der Waals surface area contributed by atoms with Crippen molar-refractivity contribution in [3.8, 4) is 23.0 Å². The Balaban J connectivity index is 2.53. The van der Waals surface area contributed by atoms with E-state index in [1.54, 1.807) is 14.2 Å². The van der Waals surface area contributed by atoms with Crippen molar-refractivity contribution in [1.82, 2.24) is 0 Å². The van der Waals surface area contributed by atoms with Gasteiger partial charge in [-0.1, -0.05) is 0 Å². The summed E-state index contributed by atoms with van der Waals surface area (Å²) in [7, 11) is 3.16. The van der Waals surface area contributed by atoms with Crippen LogP contribution in [-0.2, 0) is 6.42 Å². The van der Waals surface area contributed by atoms with E-state index in [2.05, 4.69) is 0 Å². The fourth-order valence-corrected chi connectivity index (χ4v) is 1.77. The predicted molar refractivity (Wildman–Crippen MR) is 58.4 cm³/mol. The molecule has 0 saturated carbocycles. The Bertz CT molecular complexity index is 392. The topological polar surface area (TPSA) is 62.9 Å². The minimum atomic E-state index is 0.205. The molecule has 1 aromatic rings. The predicted octanol–water partition coefficient (Wildman–Crippen LogP) is 0.934. The number of nitrogens with two attached hydrogens (primary N) is 1. The van der Waals surface area contributed by atoms with Gasteiger partial charge in [-0.05, 0) is 19.0 Å². The van der Waals surface area contributed by atoms with Gasteiger partial charge in [0.05, 0.1) is 14.2 Å². The quantitative estimate of drug-likeness (QED) is 0.826. The van der Waals surface area contributed by atoms with Gasteiger partial charge in [0, 0.05) is 5.56 Å². The molecule has 1 aliphatic heterocycles. The van der Waals surface area contributed by atoms with Gasteiger partial charge in [0.2, 0.25) is 18.3 Å². The molecular formula is C11H15NO4. The maximum atomic E-state index is 5.55. The monoisotopic (exact) mass is 225 g/mol. The first-order valence-electron chi connectivity index (χ1n) is 5.05. The Labute approximate surface area is 94.0 Å². The average Bonchev–Trinajstić information content (AvgIpc) is 2.78. The highest BCUT2D eigenvalue weighted by molar-refractivity contribution is 5.63. The maximum absolute atomic E-state index is 5.55. The largest absolute Gasteiger partial charge is 0.493 e. The highest BCUT2D eigenvalue weighted by Gasteiger charge is 2.26. The van der Waals surface area contributed by atoms with Crippen molar-refractivity contribution < 1.29 is 18.9 Å². The summed E-state index contributed by atoms with van der Waals surface area (Å²) in [6, 6.07) is 1.87. The molecule has 0 atom stereocenters. The molecule has 1 aliphatic rings. The van der Waals surface area contributed by atoms with E-state index in [9.17, 15) is 0 Å². The van der Waals surface area contributed by atoms with E-state index in [4.69, 9.17) is 24.7 Å². The lowest BCUT2D eigenvalue weighted by Crippen LogP contribution is -2.04. The highest BCUT2D eigenvalue weighted by Crippen LogP contribution is 2.49. The van der Waals surface area contributed by atoms with Crippen molar-refractivity contribution in [3.05, 3.63) is 11.6 Å². The van der Waals surface area contributed by atoms with Gasteiger partial charge in [0.1, 0.15) is 0 Å². The zero-order valence-electron chi connectivity index (χ0n) is 9.41. The molecule has 5 nitrogen and oxygen atoms in total. The molecule has 2 rings (SSSR count). The van der Waals surface area contributed by atoms with Crippen LogP contribution in [0.15, 0.2) is 6.07 Å². The van der Waals surface area contributed by atoms with Crippen molar-refractivity contribution in [1.29, 1.82) is 0 Å². The van der Waals surface area contributed by atoms with Crippen molar-refractivity contribution in [2.75, 3.05) is 27.6 Å². The number of hydrogen-bond donors (Lipinski definition) is 1. The molecule has 5 heteroatoms. The summed E-state index contributed by atoms with van der Waals surface area (Å²) < 4.78 is 21.3. The number of benzene rings is 1. The number of rotatable bonds is 4. The average molecular weight is 225 g/mol. The van der Waals surface area contributed by atoms with Gasteiger partial charge in [0.25, 0.3) is 0 Å². The van der Waals surface area contributed by atoms with Gasteiger partial charge < -0.3 is 24.7 Å². The molecule has 0 saturated heterocycles. The highest BCUT2D eigenvalue weighted by atomic mass is 16.7. The Morgan fingerprint density at radius 1 is 1.25 bits per heavy atom. The first-order chi connectivity index (χ1) is 7.81. The van der Waals surface area contributed by atoms with Crippen LogP contribution in [0.2, 0.25) is 0 Å². The molecular weight excluding hydrogens is 210 g/mol. The van der Waals surface area contributed by atoms with Crippen LogP contribution in [0.4, 0.5) is 0 Å². The summed E-state index contributed by atoms with van der Waals surface area (Å²) in [6.45, 7) is 0.752. The summed E-state index contributed by atoms with van der Waals surface area (Å²) in [5, 5.41) is 0. The summed E-state index contributed by atoms with van der Waals surface area (Å²) in [4.78, 5) is 0. The second kappa shape index (κ2) is 4.49. The lowest BCUT2D eigenvalue weighted by atomic mass is 10.1. The number of ether oxygens (including phenoxy) is 4. The molecule has 1 aromatic carbocycles. The molecule has 0 unspecified atom stereocenters. The third-order valence-corrected chi connectivity index (χ3v) is 2.48. The van der Waals surface area contributed by atoms with Crippen LogP contribution in [0.3, 0.4) is 0 Å². The maximum Gasteiger partial charge on any atom is 0.231 e. The zero-order chi connectivity index (χ0) is 11.5. The molecule has 0 bridgehead atoms. The van der Waals surface area contributed by atoms with E-state index in [-0.39, 0.29) is 6.79 Å². The molecule has 0 fully saturated rings. The van der Waals surface area contributed by atoms with Crippen molar-refractivity contribution >= 4 is 0 Å². The SMILES string of the molecule is COc1cc(CCN)c2c(c1OC)OCO2. The zero-order valence-corrected chi connectivity index (χ0v) is 9.41. The number of hydrogen-bond acceptors (Lipinski definition) is 5. The van der Waals surface area contributed by atoms with Gasteiger partial charge >= 0.3 is 0 Å². The smallest absolute Gasteiger partial charge is 0.231 e. The molecule has 0 aliphatic carbocycles. The second-order valence-electron chi connectivity index (χ2n) is 3.37. The van der Waals surface area contributed by atoms with Crippen LogP contribution in [0.25, 0.3) is 0 Å². The van der Waals surface area contributed by atoms with Gasteiger partial charge in [-0.15, -0.1) is 0 Å². The minimum Gasteiger partial charge on any atom is -0.493 e. The minimum absolute atomic E-state index is 0.205. The van der Waals surface area contributed by atoms with E-state index in [0.29, 0.717) is 36.0 Å². The van der Waals surface area contributed by atoms with E-state index in [0.717, 1.165) is 5.56 Å². The van der Waals surface area contributed by atoms with Gasteiger partial charge in [0.15, 0.2) is 11.5 Å². The Kier molecular flexibility index (Phi) is 3.05. The fourth-order valence-electron chi connectivity index (χ4n) is 1.77. The Morgan fingerprint density at radius 3 is 2.62 bits per heavy atom. The van der Waals surface area contributed by atoms with Crippen molar-refractivity contribution in [2.24, 2.45) is 5.73 Å². The molecule has 0 radical (unpaired) electrons. The van der Waals surface area contributed by atoms with Gasteiger partial charge in [-0.2, -0.15) is 0 Å². The molecule has 0 aromatic heterocycles. The van der Waals surface area contributed by atoms with Crippen molar-refractivity contribution in [3.63, 3.8) is 0 Å².